The van der Waals surface area contributed by atoms with Gasteiger partial charge in [0.25, 0.3) is 0 Å². The molecule has 0 saturated heterocycles. The summed E-state index contributed by atoms with van der Waals surface area (Å²) in [5.74, 6) is 2.13. The van der Waals surface area contributed by atoms with Gasteiger partial charge in [-0.3, -0.25) is 0 Å². The number of fused-ring (bicyclic) bond motifs is 1. The van der Waals surface area contributed by atoms with Crippen molar-refractivity contribution in [3.8, 4) is 17.2 Å². The van der Waals surface area contributed by atoms with Gasteiger partial charge in [0.15, 0.2) is 6.79 Å². The Kier molecular flexibility index (Phi) is 4.43. The van der Waals surface area contributed by atoms with Gasteiger partial charge in [-0.25, -0.2) is 0 Å². The van der Waals surface area contributed by atoms with Gasteiger partial charge in [-0.05, 0) is 31.5 Å². The molecule has 0 aromatic heterocycles. The van der Waals surface area contributed by atoms with E-state index in [0.717, 1.165) is 33.4 Å². The molecular formula is C16H21NO4. The first-order valence-electron chi connectivity index (χ1n) is 6.61. The van der Waals surface area contributed by atoms with Crippen LogP contribution in [0.2, 0.25) is 0 Å². The Morgan fingerprint density at radius 3 is 2.14 bits per heavy atom. The van der Waals surface area contributed by atoms with Gasteiger partial charge in [0.05, 0.1) is 19.9 Å². The fourth-order valence-electron chi connectivity index (χ4n) is 2.46. The van der Waals surface area contributed by atoms with E-state index >= 15 is 0 Å². The third-order valence-corrected chi connectivity index (χ3v) is 3.53. The van der Waals surface area contributed by atoms with Crippen molar-refractivity contribution in [3.63, 3.8) is 0 Å². The summed E-state index contributed by atoms with van der Waals surface area (Å²) in [4.78, 5) is 0. The fourth-order valence-corrected chi connectivity index (χ4v) is 2.46. The van der Waals surface area contributed by atoms with Crippen molar-refractivity contribution in [3.05, 3.63) is 23.3 Å². The third-order valence-electron chi connectivity index (χ3n) is 3.53. The van der Waals surface area contributed by atoms with Gasteiger partial charge in [-0.15, -0.1) is 0 Å². The van der Waals surface area contributed by atoms with Crippen LogP contribution < -0.4 is 19.9 Å². The van der Waals surface area contributed by atoms with E-state index in [-0.39, 0.29) is 6.79 Å². The molecule has 0 amide bonds. The maximum Gasteiger partial charge on any atom is 0.188 e. The normalized spacial score (nSPS) is 10.7. The minimum Gasteiger partial charge on any atom is -0.496 e. The summed E-state index contributed by atoms with van der Waals surface area (Å²) in [7, 11) is 4.83. The van der Waals surface area contributed by atoms with Crippen LogP contribution >= 0.6 is 0 Å². The molecule has 0 heterocycles. The minimum absolute atomic E-state index is 0.194. The molecule has 0 aliphatic carbocycles. The van der Waals surface area contributed by atoms with Gasteiger partial charge < -0.3 is 24.7 Å². The van der Waals surface area contributed by atoms with E-state index in [0.29, 0.717) is 11.4 Å². The highest BCUT2D eigenvalue weighted by Gasteiger charge is 2.18. The zero-order valence-electron chi connectivity index (χ0n) is 13.1. The van der Waals surface area contributed by atoms with Crippen LogP contribution in [0.4, 0.5) is 5.69 Å². The number of nitrogen functional groups attached to an aromatic ring is 1. The van der Waals surface area contributed by atoms with Crippen molar-refractivity contribution in [1.82, 2.24) is 0 Å². The molecule has 2 rings (SSSR count). The average Bonchev–Trinajstić information content (AvgIpc) is 2.48. The van der Waals surface area contributed by atoms with Crippen molar-refractivity contribution in [2.75, 3.05) is 33.9 Å². The van der Waals surface area contributed by atoms with Crippen LogP contribution in [-0.2, 0) is 4.74 Å². The lowest BCUT2D eigenvalue weighted by Crippen LogP contribution is -2.03. The number of rotatable bonds is 5. The standard InChI is InChI=1S/C16H21NO4/c1-9-6-11-12(7-13(9)21-8-18-3)15(19-4)10(2)14(17)16(11)20-5/h6-7H,8,17H2,1-5H3. The van der Waals surface area contributed by atoms with Gasteiger partial charge >= 0.3 is 0 Å². The van der Waals surface area contributed by atoms with Gasteiger partial charge in [-0.1, -0.05) is 0 Å². The summed E-state index contributed by atoms with van der Waals surface area (Å²) < 4.78 is 21.5. The van der Waals surface area contributed by atoms with E-state index in [1.165, 1.54) is 0 Å². The average molecular weight is 291 g/mol. The van der Waals surface area contributed by atoms with Gasteiger partial charge in [0.1, 0.15) is 17.2 Å². The number of methoxy groups -OCH3 is 3. The maximum atomic E-state index is 6.15. The molecule has 0 bridgehead atoms. The van der Waals surface area contributed by atoms with Crippen LogP contribution in [0, 0.1) is 13.8 Å². The Labute approximate surface area is 124 Å². The topological polar surface area (TPSA) is 62.9 Å². The first-order valence-corrected chi connectivity index (χ1v) is 6.61. The number of ether oxygens (including phenoxy) is 4. The maximum absolute atomic E-state index is 6.15. The summed E-state index contributed by atoms with van der Waals surface area (Å²) in [6.07, 6.45) is 0. The van der Waals surface area contributed by atoms with Crippen molar-refractivity contribution < 1.29 is 18.9 Å². The van der Waals surface area contributed by atoms with Gasteiger partial charge in [-0.2, -0.15) is 0 Å². The second-order valence-corrected chi connectivity index (χ2v) is 4.82. The molecule has 0 saturated carbocycles. The smallest absolute Gasteiger partial charge is 0.188 e. The predicted octanol–water partition coefficient (Wildman–Crippen LogP) is 3.04. The van der Waals surface area contributed by atoms with Gasteiger partial charge in [0.2, 0.25) is 0 Å². The molecule has 5 heteroatoms. The van der Waals surface area contributed by atoms with Crippen LogP contribution in [0.25, 0.3) is 10.8 Å². The zero-order chi connectivity index (χ0) is 15.6. The van der Waals surface area contributed by atoms with E-state index < -0.39 is 0 Å². The molecule has 0 atom stereocenters. The molecule has 21 heavy (non-hydrogen) atoms. The lowest BCUT2D eigenvalue weighted by Gasteiger charge is -2.18. The van der Waals surface area contributed by atoms with Crippen molar-refractivity contribution >= 4 is 16.5 Å². The van der Waals surface area contributed by atoms with Crippen LogP contribution in [0.1, 0.15) is 11.1 Å². The zero-order valence-corrected chi connectivity index (χ0v) is 13.1. The van der Waals surface area contributed by atoms with E-state index in [2.05, 4.69) is 0 Å². The monoisotopic (exact) mass is 291 g/mol. The Morgan fingerprint density at radius 1 is 0.952 bits per heavy atom. The van der Waals surface area contributed by atoms with Crippen LogP contribution in [0.15, 0.2) is 12.1 Å². The number of hydrogen-bond donors (Lipinski definition) is 1. The Balaban J connectivity index is 2.78. The fraction of sp³-hybridized carbons (Fsp3) is 0.375. The molecule has 114 valence electrons. The Hall–Kier alpha value is -2.14. The highest BCUT2D eigenvalue weighted by molar-refractivity contribution is 6.00. The highest BCUT2D eigenvalue weighted by Crippen LogP contribution is 2.44. The molecular weight excluding hydrogens is 270 g/mol. The van der Waals surface area contributed by atoms with E-state index in [4.69, 9.17) is 24.7 Å². The number of nitrogens with two attached hydrogens (primary N) is 1. The Bertz CT molecular complexity index is 667. The molecule has 0 fully saturated rings. The van der Waals surface area contributed by atoms with E-state index in [1.54, 1.807) is 21.3 Å². The van der Waals surface area contributed by atoms with Crippen molar-refractivity contribution in [2.45, 2.75) is 13.8 Å². The second kappa shape index (κ2) is 6.10. The minimum atomic E-state index is 0.194. The number of aryl methyl sites for hydroxylation is 1. The second-order valence-electron chi connectivity index (χ2n) is 4.82. The van der Waals surface area contributed by atoms with Crippen molar-refractivity contribution in [1.29, 1.82) is 0 Å². The molecule has 0 unspecified atom stereocenters. The summed E-state index contributed by atoms with van der Waals surface area (Å²) in [5, 5.41) is 1.80. The molecule has 2 N–H and O–H groups in total. The summed E-state index contributed by atoms with van der Waals surface area (Å²) in [6.45, 7) is 4.07. The SMILES string of the molecule is COCOc1cc2c(OC)c(C)c(N)c(OC)c2cc1C. The van der Waals surface area contributed by atoms with Crippen molar-refractivity contribution in [2.24, 2.45) is 0 Å². The molecule has 0 spiro atoms. The molecule has 0 aliphatic heterocycles. The van der Waals surface area contributed by atoms with Crippen LogP contribution in [0.3, 0.4) is 0 Å². The molecule has 0 radical (unpaired) electrons. The molecule has 5 nitrogen and oxygen atoms in total. The summed E-state index contributed by atoms with van der Waals surface area (Å²) >= 11 is 0. The molecule has 2 aromatic carbocycles. The third kappa shape index (κ3) is 2.56. The number of anilines is 1. The molecule has 0 aliphatic rings. The first kappa shape index (κ1) is 15.3. The Morgan fingerprint density at radius 2 is 1.57 bits per heavy atom. The summed E-state index contributed by atoms with van der Waals surface area (Å²) in [5.41, 5.74) is 8.56. The lowest BCUT2D eigenvalue weighted by atomic mass is 10.00. The van der Waals surface area contributed by atoms with E-state index in [9.17, 15) is 0 Å². The number of hydrogen-bond acceptors (Lipinski definition) is 5. The largest absolute Gasteiger partial charge is 0.496 e. The van der Waals surface area contributed by atoms with Crippen LogP contribution in [-0.4, -0.2) is 28.1 Å². The molecule has 2 aromatic rings. The first-order chi connectivity index (χ1) is 10.0. The quantitative estimate of drug-likeness (QED) is 0.677. The summed E-state index contributed by atoms with van der Waals surface area (Å²) in [6, 6.07) is 3.91. The predicted molar refractivity (Wildman–Crippen MR) is 83.4 cm³/mol. The van der Waals surface area contributed by atoms with Crippen LogP contribution in [0.5, 0.6) is 17.2 Å². The van der Waals surface area contributed by atoms with E-state index in [1.807, 2.05) is 26.0 Å². The highest BCUT2D eigenvalue weighted by atomic mass is 16.7. The number of benzene rings is 2. The van der Waals surface area contributed by atoms with Gasteiger partial charge in [0, 0.05) is 23.4 Å². The lowest BCUT2D eigenvalue weighted by molar-refractivity contribution is 0.0507.